The number of nitrogens with zero attached hydrogens (tertiary/aromatic N) is 2. The molecule has 0 amide bonds. The zero-order valence-electron chi connectivity index (χ0n) is 13.3. The highest BCUT2D eigenvalue weighted by Gasteiger charge is 2.24. The minimum Gasteiger partial charge on any atom is -0.372 e. The van der Waals surface area contributed by atoms with Gasteiger partial charge >= 0.3 is 0 Å². The fourth-order valence-electron chi connectivity index (χ4n) is 3.36. The summed E-state index contributed by atoms with van der Waals surface area (Å²) < 4.78 is 0. The molecule has 0 atom stereocenters. The second-order valence-electron chi connectivity index (χ2n) is 6.09. The van der Waals surface area contributed by atoms with Gasteiger partial charge in [-0.1, -0.05) is 20.3 Å². The summed E-state index contributed by atoms with van der Waals surface area (Å²) in [5.74, 6) is 3.54. The summed E-state index contributed by atoms with van der Waals surface area (Å²) in [6.07, 6.45) is 7.56. The summed E-state index contributed by atoms with van der Waals surface area (Å²) in [6.45, 7) is 4.51. The molecule has 0 aromatic carbocycles. The minimum atomic E-state index is 0.552. The topological polar surface area (TPSA) is 37.8 Å². The summed E-state index contributed by atoms with van der Waals surface area (Å²) in [7, 11) is 1.96. The van der Waals surface area contributed by atoms with Crippen LogP contribution in [0.5, 0.6) is 0 Å². The van der Waals surface area contributed by atoms with Crippen molar-refractivity contribution in [3.8, 4) is 0 Å². The third-order valence-electron chi connectivity index (χ3n) is 4.84. The van der Waals surface area contributed by atoms with Crippen molar-refractivity contribution in [3.63, 3.8) is 0 Å². The van der Waals surface area contributed by atoms with Crippen LogP contribution in [-0.4, -0.2) is 17.0 Å². The zero-order valence-corrected chi connectivity index (χ0v) is 14.1. The van der Waals surface area contributed by atoms with E-state index in [0.717, 1.165) is 28.8 Å². The highest BCUT2D eigenvalue weighted by atomic mass is 32.1. The summed E-state index contributed by atoms with van der Waals surface area (Å²) in [5, 5.41) is 4.45. The highest BCUT2D eigenvalue weighted by Crippen LogP contribution is 2.38. The highest BCUT2D eigenvalue weighted by molar-refractivity contribution is 7.18. The van der Waals surface area contributed by atoms with E-state index in [0.29, 0.717) is 5.92 Å². The summed E-state index contributed by atoms with van der Waals surface area (Å²) in [5.41, 5.74) is 0. The zero-order chi connectivity index (χ0) is 14.8. The van der Waals surface area contributed by atoms with Gasteiger partial charge in [0.25, 0.3) is 0 Å². The van der Waals surface area contributed by atoms with Gasteiger partial charge in [0, 0.05) is 17.8 Å². The normalized spacial score (nSPS) is 22.6. The molecule has 0 saturated heterocycles. The van der Waals surface area contributed by atoms with Crippen molar-refractivity contribution < 1.29 is 0 Å². The predicted octanol–water partition coefficient (Wildman–Crippen LogP) is 4.98. The molecule has 0 radical (unpaired) electrons. The molecular formula is C17H25N3S. The SMILES string of the molecule is CCc1cc2c(NC)nc(C3CCC(CC)CC3)nc2s1. The summed E-state index contributed by atoms with van der Waals surface area (Å²) >= 11 is 1.82. The maximum atomic E-state index is 4.89. The van der Waals surface area contributed by atoms with Gasteiger partial charge in [0.1, 0.15) is 16.5 Å². The van der Waals surface area contributed by atoms with E-state index in [1.807, 2.05) is 18.4 Å². The number of aromatic nitrogens is 2. The molecule has 1 N–H and O–H groups in total. The largest absolute Gasteiger partial charge is 0.372 e. The smallest absolute Gasteiger partial charge is 0.138 e. The first kappa shape index (κ1) is 14.8. The average Bonchev–Trinajstić information content (AvgIpc) is 2.97. The third kappa shape index (κ3) is 2.91. The second kappa shape index (κ2) is 6.30. The van der Waals surface area contributed by atoms with Crippen LogP contribution in [-0.2, 0) is 6.42 Å². The van der Waals surface area contributed by atoms with Gasteiger partial charge in [0.2, 0.25) is 0 Å². The molecule has 114 valence electrons. The van der Waals surface area contributed by atoms with Crippen LogP contribution in [0.4, 0.5) is 5.82 Å². The molecule has 4 heteroatoms. The Morgan fingerprint density at radius 1 is 1.19 bits per heavy atom. The second-order valence-corrected chi connectivity index (χ2v) is 7.21. The van der Waals surface area contributed by atoms with Crippen molar-refractivity contribution in [2.24, 2.45) is 5.92 Å². The molecule has 0 spiro atoms. The first-order valence-corrected chi connectivity index (χ1v) is 9.04. The van der Waals surface area contributed by atoms with Crippen LogP contribution >= 0.6 is 11.3 Å². The molecule has 0 unspecified atom stereocenters. The number of thiophene rings is 1. The van der Waals surface area contributed by atoms with Gasteiger partial charge in [-0.2, -0.15) is 0 Å². The third-order valence-corrected chi connectivity index (χ3v) is 6.01. The van der Waals surface area contributed by atoms with E-state index in [9.17, 15) is 0 Å². The average molecular weight is 303 g/mol. The molecule has 1 aliphatic rings. The number of aryl methyl sites for hydroxylation is 1. The van der Waals surface area contributed by atoms with E-state index in [1.165, 1.54) is 42.4 Å². The van der Waals surface area contributed by atoms with Crippen LogP contribution in [0.1, 0.15) is 62.6 Å². The van der Waals surface area contributed by atoms with Gasteiger partial charge in [-0.05, 0) is 44.1 Å². The molecule has 0 aliphatic heterocycles. The molecule has 1 aliphatic carbocycles. The lowest BCUT2D eigenvalue weighted by molar-refractivity contribution is 0.312. The summed E-state index contributed by atoms with van der Waals surface area (Å²) in [6, 6.07) is 2.24. The van der Waals surface area contributed by atoms with Gasteiger partial charge < -0.3 is 5.32 Å². The van der Waals surface area contributed by atoms with Gasteiger partial charge in [0.05, 0.1) is 5.39 Å². The summed E-state index contributed by atoms with van der Waals surface area (Å²) in [4.78, 5) is 12.3. The Labute approximate surface area is 131 Å². The van der Waals surface area contributed by atoms with Crippen molar-refractivity contribution in [2.45, 2.75) is 58.3 Å². The van der Waals surface area contributed by atoms with Crippen LogP contribution < -0.4 is 5.32 Å². The van der Waals surface area contributed by atoms with Crippen molar-refractivity contribution in [3.05, 3.63) is 16.8 Å². The number of anilines is 1. The fraction of sp³-hybridized carbons (Fsp3) is 0.647. The monoisotopic (exact) mass is 303 g/mol. The standard InChI is InChI=1S/C17H25N3S/c1-4-11-6-8-12(9-7-11)15-19-16(18-3)14-10-13(5-2)21-17(14)20-15/h10-12H,4-9H2,1-3H3,(H,18,19,20). The molecule has 21 heavy (non-hydrogen) atoms. The predicted molar refractivity (Wildman–Crippen MR) is 91.3 cm³/mol. The van der Waals surface area contributed by atoms with Gasteiger partial charge in [-0.25, -0.2) is 9.97 Å². The van der Waals surface area contributed by atoms with Gasteiger partial charge in [-0.15, -0.1) is 11.3 Å². The molecule has 1 fully saturated rings. The number of hydrogen-bond acceptors (Lipinski definition) is 4. The van der Waals surface area contributed by atoms with Crippen LogP contribution in [0.3, 0.4) is 0 Å². The Kier molecular flexibility index (Phi) is 4.43. The molecule has 2 heterocycles. The van der Waals surface area contributed by atoms with Crippen molar-refractivity contribution in [1.29, 1.82) is 0 Å². The first-order chi connectivity index (χ1) is 10.2. The van der Waals surface area contributed by atoms with Crippen LogP contribution in [0.25, 0.3) is 10.2 Å². The number of fused-ring (bicyclic) bond motifs is 1. The Morgan fingerprint density at radius 3 is 2.57 bits per heavy atom. The maximum Gasteiger partial charge on any atom is 0.138 e. The van der Waals surface area contributed by atoms with Crippen LogP contribution in [0.2, 0.25) is 0 Å². The Morgan fingerprint density at radius 2 is 1.95 bits per heavy atom. The quantitative estimate of drug-likeness (QED) is 0.865. The molecule has 3 rings (SSSR count). The number of rotatable bonds is 4. The van der Waals surface area contributed by atoms with E-state index in [1.54, 1.807) is 0 Å². The van der Waals surface area contributed by atoms with Gasteiger partial charge in [0.15, 0.2) is 0 Å². The minimum absolute atomic E-state index is 0.552. The Hall–Kier alpha value is -1.16. The Balaban J connectivity index is 1.92. The maximum absolute atomic E-state index is 4.89. The van der Waals surface area contributed by atoms with Crippen LogP contribution in [0, 0.1) is 5.92 Å². The number of nitrogens with one attached hydrogen (secondary N) is 1. The molecular weight excluding hydrogens is 278 g/mol. The molecule has 0 bridgehead atoms. The van der Waals surface area contributed by atoms with Crippen molar-refractivity contribution >= 4 is 27.4 Å². The van der Waals surface area contributed by atoms with Crippen LogP contribution in [0.15, 0.2) is 6.07 Å². The number of hydrogen-bond donors (Lipinski definition) is 1. The fourth-order valence-corrected chi connectivity index (χ4v) is 4.34. The lowest BCUT2D eigenvalue weighted by Gasteiger charge is -2.26. The van der Waals surface area contributed by atoms with Crippen molar-refractivity contribution in [1.82, 2.24) is 9.97 Å². The lowest BCUT2D eigenvalue weighted by atomic mass is 9.80. The van der Waals surface area contributed by atoms with E-state index >= 15 is 0 Å². The van der Waals surface area contributed by atoms with E-state index < -0.39 is 0 Å². The molecule has 1 saturated carbocycles. The molecule has 3 nitrogen and oxygen atoms in total. The Bertz CT molecular complexity index is 612. The van der Waals surface area contributed by atoms with E-state index in [2.05, 4.69) is 25.2 Å². The van der Waals surface area contributed by atoms with Gasteiger partial charge in [-0.3, -0.25) is 0 Å². The molecule has 2 aromatic heterocycles. The lowest BCUT2D eigenvalue weighted by Crippen LogP contribution is -2.15. The van der Waals surface area contributed by atoms with E-state index in [-0.39, 0.29) is 0 Å². The van der Waals surface area contributed by atoms with E-state index in [4.69, 9.17) is 9.97 Å². The van der Waals surface area contributed by atoms with Crippen molar-refractivity contribution in [2.75, 3.05) is 12.4 Å². The first-order valence-electron chi connectivity index (χ1n) is 8.23. The molecule has 2 aromatic rings.